The van der Waals surface area contributed by atoms with Crippen molar-refractivity contribution in [3.8, 4) is 0 Å². The molecule has 3 rings (SSSR count). The van der Waals surface area contributed by atoms with Crippen molar-refractivity contribution in [2.45, 2.75) is 0 Å². The summed E-state index contributed by atoms with van der Waals surface area (Å²) in [7, 11) is 5.22. The highest BCUT2D eigenvalue weighted by Crippen LogP contribution is 2.39. The van der Waals surface area contributed by atoms with E-state index in [1.807, 2.05) is 0 Å². The molecule has 0 aliphatic heterocycles. The number of benzene rings is 3. The molecule has 4 atom stereocenters. The van der Waals surface area contributed by atoms with Crippen molar-refractivity contribution in [2.75, 3.05) is 24.6 Å². The third kappa shape index (κ3) is 5.00. The van der Waals surface area contributed by atoms with Crippen molar-refractivity contribution >= 4 is 55.5 Å². The smallest absolute Gasteiger partial charge is 0.0115 e. The van der Waals surface area contributed by atoms with Crippen LogP contribution in [0.4, 0.5) is 0 Å². The zero-order valence-electron chi connectivity index (χ0n) is 15.0. The fourth-order valence-corrected chi connectivity index (χ4v) is 9.81. The van der Waals surface area contributed by atoms with E-state index in [4.69, 9.17) is 0 Å². The second kappa shape index (κ2) is 10.6. The van der Waals surface area contributed by atoms with E-state index in [9.17, 15) is 0 Å². The molecule has 4 heteroatoms. The van der Waals surface area contributed by atoms with Crippen LogP contribution in [0.5, 0.6) is 0 Å². The number of rotatable bonds is 8. The Bertz CT molecular complexity index is 721. The Labute approximate surface area is 165 Å². The van der Waals surface area contributed by atoms with Gasteiger partial charge in [0.25, 0.3) is 0 Å². The molecule has 0 aliphatic carbocycles. The maximum Gasteiger partial charge on any atom is -0.0115 e. The van der Waals surface area contributed by atoms with Crippen LogP contribution in [0.25, 0.3) is 0 Å². The first kappa shape index (κ1) is 20.1. The van der Waals surface area contributed by atoms with Gasteiger partial charge in [0, 0.05) is 0 Å². The number of hydrogen-bond donors (Lipinski definition) is 0. The van der Waals surface area contributed by atoms with Gasteiger partial charge in [0.2, 0.25) is 0 Å². The Kier molecular flexibility index (Phi) is 8.24. The molecule has 0 spiro atoms. The van der Waals surface area contributed by atoms with Crippen molar-refractivity contribution in [3.63, 3.8) is 0 Å². The van der Waals surface area contributed by atoms with Crippen LogP contribution in [-0.4, -0.2) is 24.6 Å². The molecular formula is C22H26P4. The van der Waals surface area contributed by atoms with Crippen LogP contribution in [0.3, 0.4) is 0 Å². The third-order valence-corrected chi connectivity index (χ3v) is 11.2. The summed E-state index contributed by atoms with van der Waals surface area (Å²) in [4.78, 5) is 0. The molecule has 0 heterocycles. The van der Waals surface area contributed by atoms with Gasteiger partial charge in [0.05, 0.1) is 0 Å². The summed E-state index contributed by atoms with van der Waals surface area (Å²) >= 11 is 0. The van der Waals surface area contributed by atoms with Gasteiger partial charge in [-0.05, 0) is 61.7 Å². The fourth-order valence-electron chi connectivity index (χ4n) is 3.17. The minimum atomic E-state index is -0.317. The van der Waals surface area contributed by atoms with Crippen molar-refractivity contribution in [1.82, 2.24) is 0 Å². The van der Waals surface area contributed by atoms with E-state index in [1.165, 1.54) is 22.9 Å². The summed E-state index contributed by atoms with van der Waals surface area (Å²) < 4.78 is 0. The van der Waals surface area contributed by atoms with Crippen molar-refractivity contribution in [3.05, 3.63) is 84.9 Å². The van der Waals surface area contributed by atoms with Gasteiger partial charge in [0.15, 0.2) is 0 Å². The molecule has 3 aromatic rings. The summed E-state index contributed by atoms with van der Waals surface area (Å²) in [6.45, 7) is 0. The maximum atomic E-state index is 2.93. The standard InChI is InChI=1S/C22H26P4/c23-15-17-25(19-9-3-1-4-10-19)21-13-7-8-14-22(21)26(18-16-24)20-11-5-2-6-12-20/h1-14H,15-18,23-24H2. The second-order valence-electron chi connectivity index (χ2n) is 6.04. The summed E-state index contributed by atoms with van der Waals surface area (Å²) in [5, 5.41) is 6.13. The molecule has 0 N–H and O–H groups in total. The molecular weight excluding hydrogens is 388 g/mol. The molecule has 0 fully saturated rings. The van der Waals surface area contributed by atoms with Crippen LogP contribution in [0.15, 0.2) is 84.9 Å². The second-order valence-corrected chi connectivity index (χ2v) is 11.8. The molecule has 0 aliphatic rings. The van der Waals surface area contributed by atoms with E-state index < -0.39 is 0 Å². The first-order valence-corrected chi connectivity index (χ1v) is 13.7. The summed E-state index contributed by atoms with van der Waals surface area (Å²) in [6, 6.07) is 31.4. The molecule has 134 valence electrons. The highest BCUT2D eigenvalue weighted by molar-refractivity contribution is 7.79. The lowest BCUT2D eigenvalue weighted by atomic mass is 10.4. The first-order valence-electron chi connectivity index (χ1n) is 8.99. The van der Waals surface area contributed by atoms with E-state index in [1.54, 1.807) is 10.6 Å². The van der Waals surface area contributed by atoms with Gasteiger partial charge in [0.1, 0.15) is 0 Å². The van der Waals surface area contributed by atoms with E-state index in [0.717, 1.165) is 12.3 Å². The Hall–Kier alpha value is -0.620. The van der Waals surface area contributed by atoms with E-state index >= 15 is 0 Å². The monoisotopic (exact) mass is 414 g/mol. The van der Waals surface area contributed by atoms with Gasteiger partial charge >= 0.3 is 0 Å². The van der Waals surface area contributed by atoms with Crippen LogP contribution in [0.1, 0.15) is 0 Å². The fraction of sp³-hybridized carbons (Fsp3) is 0.182. The van der Waals surface area contributed by atoms with Crippen LogP contribution >= 0.6 is 34.3 Å². The SMILES string of the molecule is PCCP(c1ccccc1)c1ccccc1P(CCP)c1ccccc1. The maximum absolute atomic E-state index is 2.93. The molecule has 0 aromatic heterocycles. The van der Waals surface area contributed by atoms with Crippen LogP contribution < -0.4 is 21.2 Å². The van der Waals surface area contributed by atoms with Crippen LogP contribution in [0, 0.1) is 0 Å². The predicted molar refractivity (Wildman–Crippen MR) is 131 cm³/mol. The van der Waals surface area contributed by atoms with E-state index in [0.29, 0.717) is 0 Å². The minimum absolute atomic E-state index is 0.317. The summed E-state index contributed by atoms with van der Waals surface area (Å²) in [6.07, 6.45) is 4.73. The van der Waals surface area contributed by atoms with E-state index in [2.05, 4.69) is 103 Å². The van der Waals surface area contributed by atoms with Crippen LogP contribution in [-0.2, 0) is 0 Å². The zero-order valence-corrected chi connectivity index (χ0v) is 19.1. The van der Waals surface area contributed by atoms with Gasteiger partial charge in [-0.15, -0.1) is 18.5 Å². The first-order chi connectivity index (χ1) is 12.8. The topological polar surface area (TPSA) is 0 Å². The molecule has 0 nitrogen and oxygen atoms in total. The Morgan fingerprint density at radius 3 is 1.19 bits per heavy atom. The van der Waals surface area contributed by atoms with Gasteiger partial charge in [-0.2, -0.15) is 0 Å². The normalized spacial score (nSPS) is 13.3. The van der Waals surface area contributed by atoms with Crippen molar-refractivity contribution < 1.29 is 0 Å². The molecule has 0 saturated heterocycles. The Morgan fingerprint density at radius 2 is 0.846 bits per heavy atom. The lowest BCUT2D eigenvalue weighted by molar-refractivity contribution is 1.53. The lowest BCUT2D eigenvalue weighted by Gasteiger charge is -2.26. The summed E-state index contributed by atoms with van der Waals surface area (Å²) in [5.74, 6) is 0. The zero-order chi connectivity index (χ0) is 18.2. The average molecular weight is 414 g/mol. The molecule has 0 radical (unpaired) electrons. The largest absolute Gasteiger partial charge is 0.137 e. The van der Waals surface area contributed by atoms with Crippen LogP contribution in [0.2, 0.25) is 0 Å². The van der Waals surface area contributed by atoms with Crippen molar-refractivity contribution in [2.24, 2.45) is 0 Å². The number of hydrogen-bond acceptors (Lipinski definition) is 0. The lowest BCUT2D eigenvalue weighted by Crippen LogP contribution is -2.30. The molecule has 0 amide bonds. The quantitative estimate of drug-likeness (QED) is 0.482. The molecule has 3 aromatic carbocycles. The predicted octanol–water partition coefficient (Wildman–Crippen LogP) is 4.30. The molecule has 0 saturated carbocycles. The van der Waals surface area contributed by atoms with Gasteiger partial charge < -0.3 is 0 Å². The Balaban J connectivity index is 2.08. The average Bonchev–Trinajstić information content (AvgIpc) is 2.72. The van der Waals surface area contributed by atoms with Gasteiger partial charge in [-0.25, -0.2) is 0 Å². The molecule has 26 heavy (non-hydrogen) atoms. The van der Waals surface area contributed by atoms with Crippen molar-refractivity contribution in [1.29, 1.82) is 0 Å². The molecule has 0 bridgehead atoms. The molecule has 4 unspecified atom stereocenters. The minimum Gasteiger partial charge on any atom is -0.137 e. The van der Waals surface area contributed by atoms with Gasteiger partial charge in [-0.1, -0.05) is 84.9 Å². The Morgan fingerprint density at radius 1 is 0.500 bits per heavy atom. The highest BCUT2D eigenvalue weighted by Gasteiger charge is 2.21. The highest BCUT2D eigenvalue weighted by atomic mass is 31.1. The summed E-state index contributed by atoms with van der Waals surface area (Å²) in [5.41, 5.74) is 0. The van der Waals surface area contributed by atoms with Gasteiger partial charge in [-0.3, -0.25) is 0 Å². The third-order valence-electron chi connectivity index (χ3n) is 4.30. The van der Waals surface area contributed by atoms with E-state index in [-0.39, 0.29) is 15.8 Å².